The molecule has 2 rings (SSSR count). The molecule has 0 saturated carbocycles. The fourth-order valence-electron chi connectivity index (χ4n) is 1.07. The first-order chi connectivity index (χ1) is 7.15. The van der Waals surface area contributed by atoms with Crippen molar-refractivity contribution in [3.05, 3.63) is 29.8 Å². The van der Waals surface area contributed by atoms with E-state index >= 15 is 0 Å². The van der Waals surface area contributed by atoms with Crippen LogP contribution in [0, 0.1) is 12.7 Å². The molecular weight excluding hydrogens is 215 g/mol. The molecule has 4 nitrogen and oxygen atoms in total. The Balaban J connectivity index is 2.24. The number of nitrogens with two attached hydrogens (primary N) is 1. The number of halogens is 1. The highest BCUT2D eigenvalue weighted by Gasteiger charge is 2.07. The molecule has 3 N–H and O–H groups in total. The average molecular weight is 224 g/mol. The fraction of sp³-hybridized carbons (Fsp3) is 0.111. The lowest BCUT2D eigenvalue weighted by Crippen LogP contribution is -1.88. The SMILES string of the molecule is Cc1nc(Sc2ccc(N)cc2F)n[nH]1. The van der Waals surface area contributed by atoms with Crippen molar-refractivity contribution in [1.82, 2.24) is 15.2 Å². The number of nitrogens with one attached hydrogen (secondary N) is 1. The molecular formula is C9H9FN4S. The number of H-pyrrole nitrogens is 1. The Kier molecular flexibility index (Phi) is 2.59. The predicted octanol–water partition coefficient (Wildman–Crippen LogP) is 1.99. The van der Waals surface area contributed by atoms with Crippen molar-refractivity contribution in [1.29, 1.82) is 0 Å². The van der Waals surface area contributed by atoms with Gasteiger partial charge in [-0.3, -0.25) is 5.10 Å². The van der Waals surface area contributed by atoms with Crippen molar-refractivity contribution in [2.75, 3.05) is 5.73 Å². The zero-order chi connectivity index (χ0) is 10.8. The summed E-state index contributed by atoms with van der Waals surface area (Å²) in [5.74, 6) is 0.343. The minimum absolute atomic E-state index is 0.359. The molecule has 0 saturated heterocycles. The average Bonchev–Trinajstić information content (AvgIpc) is 2.56. The van der Waals surface area contributed by atoms with Crippen LogP contribution < -0.4 is 5.73 Å². The van der Waals surface area contributed by atoms with E-state index in [4.69, 9.17) is 5.73 Å². The lowest BCUT2D eigenvalue weighted by Gasteiger charge is -1.99. The zero-order valence-electron chi connectivity index (χ0n) is 7.99. The second-order valence-corrected chi connectivity index (χ2v) is 4.00. The number of benzene rings is 1. The molecule has 1 aromatic heterocycles. The van der Waals surface area contributed by atoms with Gasteiger partial charge in [-0.25, -0.2) is 9.37 Å². The maximum absolute atomic E-state index is 13.4. The van der Waals surface area contributed by atoms with Crippen LogP contribution >= 0.6 is 11.8 Å². The summed E-state index contributed by atoms with van der Waals surface area (Å²) in [4.78, 5) is 4.53. The molecule has 0 spiro atoms. The van der Waals surface area contributed by atoms with E-state index in [1.807, 2.05) is 0 Å². The Bertz CT molecular complexity index is 483. The van der Waals surface area contributed by atoms with Crippen LogP contribution in [-0.2, 0) is 0 Å². The van der Waals surface area contributed by atoms with Gasteiger partial charge in [0.15, 0.2) is 0 Å². The molecule has 15 heavy (non-hydrogen) atoms. The molecule has 0 aliphatic rings. The molecule has 0 unspecified atom stereocenters. The molecule has 0 amide bonds. The van der Waals surface area contributed by atoms with Gasteiger partial charge in [0.05, 0.1) is 4.90 Å². The molecule has 0 aliphatic carbocycles. The second-order valence-electron chi connectivity index (χ2n) is 3.00. The van der Waals surface area contributed by atoms with Crippen molar-refractivity contribution >= 4 is 17.4 Å². The van der Waals surface area contributed by atoms with Gasteiger partial charge in [-0.1, -0.05) is 0 Å². The number of aryl methyl sites for hydroxylation is 1. The van der Waals surface area contributed by atoms with E-state index in [1.54, 1.807) is 19.1 Å². The van der Waals surface area contributed by atoms with Gasteiger partial charge < -0.3 is 5.73 Å². The van der Waals surface area contributed by atoms with Crippen molar-refractivity contribution in [3.63, 3.8) is 0 Å². The molecule has 78 valence electrons. The number of aromatic nitrogens is 3. The topological polar surface area (TPSA) is 67.6 Å². The van der Waals surface area contributed by atoms with Crippen LogP contribution in [0.25, 0.3) is 0 Å². The summed E-state index contributed by atoms with van der Waals surface area (Å²) >= 11 is 1.16. The van der Waals surface area contributed by atoms with Crippen LogP contribution in [0.4, 0.5) is 10.1 Å². The number of anilines is 1. The molecule has 1 aromatic carbocycles. The summed E-state index contributed by atoms with van der Waals surface area (Å²) in [6.07, 6.45) is 0. The van der Waals surface area contributed by atoms with Gasteiger partial charge >= 0.3 is 0 Å². The van der Waals surface area contributed by atoms with E-state index in [2.05, 4.69) is 15.2 Å². The first-order valence-electron chi connectivity index (χ1n) is 4.27. The summed E-state index contributed by atoms with van der Waals surface area (Å²) in [6, 6.07) is 4.54. The van der Waals surface area contributed by atoms with Gasteiger partial charge in [0.1, 0.15) is 11.6 Å². The second kappa shape index (κ2) is 3.90. The molecule has 0 aliphatic heterocycles. The first kappa shape index (κ1) is 9.97. The third kappa shape index (κ3) is 2.27. The van der Waals surface area contributed by atoms with E-state index in [1.165, 1.54) is 6.07 Å². The van der Waals surface area contributed by atoms with E-state index in [0.717, 1.165) is 11.8 Å². The summed E-state index contributed by atoms with van der Waals surface area (Å²) in [7, 11) is 0. The third-order valence-corrected chi connectivity index (χ3v) is 2.65. The third-order valence-electron chi connectivity index (χ3n) is 1.73. The lowest BCUT2D eigenvalue weighted by atomic mass is 10.3. The lowest BCUT2D eigenvalue weighted by molar-refractivity contribution is 0.602. The van der Waals surface area contributed by atoms with Crippen LogP contribution in [0.2, 0.25) is 0 Å². The summed E-state index contributed by atoms with van der Waals surface area (Å²) in [5.41, 5.74) is 5.84. The Morgan fingerprint density at radius 2 is 2.27 bits per heavy atom. The molecule has 0 fully saturated rings. The molecule has 0 radical (unpaired) electrons. The Labute approximate surface area is 90.1 Å². The van der Waals surface area contributed by atoms with Gasteiger partial charge in [0.2, 0.25) is 5.16 Å². The van der Waals surface area contributed by atoms with Gasteiger partial charge in [0.25, 0.3) is 0 Å². The molecule has 1 heterocycles. The minimum Gasteiger partial charge on any atom is -0.399 e. The predicted molar refractivity (Wildman–Crippen MR) is 56.1 cm³/mol. The number of hydrogen-bond acceptors (Lipinski definition) is 4. The number of nitrogens with zero attached hydrogens (tertiary/aromatic N) is 2. The zero-order valence-corrected chi connectivity index (χ0v) is 8.81. The number of hydrogen-bond donors (Lipinski definition) is 2. The van der Waals surface area contributed by atoms with Crippen LogP contribution in [0.1, 0.15) is 5.82 Å². The highest BCUT2D eigenvalue weighted by Crippen LogP contribution is 2.27. The fourth-order valence-corrected chi connectivity index (χ4v) is 1.83. The highest BCUT2D eigenvalue weighted by molar-refractivity contribution is 7.99. The van der Waals surface area contributed by atoms with E-state index in [0.29, 0.717) is 21.6 Å². The van der Waals surface area contributed by atoms with Gasteiger partial charge in [-0.05, 0) is 36.9 Å². The standard InChI is InChI=1S/C9H9FN4S/c1-5-12-9(14-13-5)15-8-3-2-6(11)4-7(8)10/h2-4H,11H2,1H3,(H,12,13,14). The monoisotopic (exact) mass is 224 g/mol. The Hall–Kier alpha value is -1.56. The van der Waals surface area contributed by atoms with Crippen molar-refractivity contribution < 1.29 is 4.39 Å². The molecule has 0 bridgehead atoms. The Morgan fingerprint density at radius 1 is 1.47 bits per heavy atom. The smallest absolute Gasteiger partial charge is 0.213 e. The quantitative estimate of drug-likeness (QED) is 0.765. The van der Waals surface area contributed by atoms with Crippen molar-refractivity contribution in [2.24, 2.45) is 0 Å². The minimum atomic E-state index is -0.359. The van der Waals surface area contributed by atoms with Crippen LogP contribution in [-0.4, -0.2) is 15.2 Å². The normalized spacial score (nSPS) is 10.5. The van der Waals surface area contributed by atoms with Gasteiger partial charge in [0, 0.05) is 5.69 Å². The number of rotatable bonds is 2. The van der Waals surface area contributed by atoms with Gasteiger partial charge in [-0.2, -0.15) is 0 Å². The number of aromatic amines is 1. The Morgan fingerprint density at radius 3 is 2.87 bits per heavy atom. The summed E-state index contributed by atoms with van der Waals surface area (Å²) in [6.45, 7) is 1.79. The van der Waals surface area contributed by atoms with E-state index in [9.17, 15) is 4.39 Å². The molecule has 0 atom stereocenters. The van der Waals surface area contributed by atoms with E-state index < -0.39 is 0 Å². The maximum Gasteiger partial charge on any atom is 0.213 e. The van der Waals surface area contributed by atoms with E-state index in [-0.39, 0.29) is 5.82 Å². The van der Waals surface area contributed by atoms with Crippen LogP contribution in [0.3, 0.4) is 0 Å². The summed E-state index contributed by atoms with van der Waals surface area (Å²) in [5, 5.41) is 7.09. The number of nitrogen functional groups attached to an aromatic ring is 1. The first-order valence-corrected chi connectivity index (χ1v) is 5.08. The highest BCUT2D eigenvalue weighted by atomic mass is 32.2. The van der Waals surface area contributed by atoms with Crippen molar-refractivity contribution in [3.8, 4) is 0 Å². The van der Waals surface area contributed by atoms with Gasteiger partial charge in [-0.15, -0.1) is 5.10 Å². The van der Waals surface area contributed by atoms with Crippen molar-refractivity contribution in [2.45, 2.75) is 17.0 Å². The summed E-state index contributed by atoms with van der Waals surface area (Å²) < 4.78 is 13.4. The maximum atomic E-state index is 13.4. The van der Waals surface area contributed by atoms with Crippen LogP contribution in [0.5, 0.6) is 0 Å². The molecule has 6 heteroatoms. The largest absolute Gasteiger partial charge is 0.399 e. The molecule has 2 aromatic rings. The van der Waals surface area contributed by atoms with Crippen LogP contribution in [0.15, 0.2) is 28.3 Å².